The number of benzene rings is 2. The average Bonchev–Trinajstić information content (AvgIpc) is 3.49. The number of fused-ring (bicyclic) bond motifs is 1. The second-order valence-electron chi connectivity index (χ2n) is 7.95. The van der Waals surface area contributed by atoms with E-state index in [1.54, 1.807) is 6.07 Å². The number of rotatable bonds is 4. The molecule has 2 aromatic carbocycles. The van der Waals surface area contributed by atoms with Gasteiger partial charge < -0.3 is 5.73 Å². The smallest absolute Gasteiger partial charge is 0.274 e. The molecule has 0 bridgehead atoms. The molecule has 3 aliphatic rings. The normalized spacial score (nSPS) is 24.8. The Hall–Kier alpha value is -2.23. The fourth-order valence-electron chi connectivity index (χ4n) is 4.52. The van der Waals surface area contributed by atoms with E-state index in [1.165, 1.54) is 0 Å². The van der Waals surface area contributed by atoms with E-state index < -0.39 is 20.4 Å². The van der Waals surface area contributed by atoms with Crippen LogP contribution in [0.3, 0.4) is 0 Å². The van der Waals surface area contributed by atoms with Gasteiger partial charge in [0.25, 0.3) is 10.1 Å². The summed E-state index contributed by atoms with van der Waals surface area (Å²) in [6.45, 7) is 1.41. The Balaban J connectivity index is 1.76. The summed E-state index contributed by atoms with van der Waals surface area (Å²) >= 11 is 3.55. The Morgan fingerprint density at radius 1 is 1.07 bits per heavy atom. The molecule has 0 radical (unpaired) electrons. The van der Waals surface area contributed by atoms with Crippen LogP contribution in [0.25, 0.3) is 0 Å². The van der Waals surface area contributed by atoms with Crippen molar-refractivity contribution in [2.75, 3.05) is 13.1 Å². The summed E-state index contributed by atoms with van der Waals surface area (Å²) in [7, 11) is -4.22. The maximum Gasteiger partial charge on any atom is 0.274 e. The Bertz CT molecular complexity index is 1210. The number of hydrogen-bond acceptors (Lipinski definition) is 6. The lowest BCUT2D eigenvalue weighted by molar-refractivity contribution is 0.465. The second kappa shape index (κ2) is 6.63. The van der Waals surface area contributed by atoms with Gasteiger partial charge in [0, 0.05) is 17.6 Å². The van der Waals surface area contributed by atoms with Crippen molar-refractivity contribution >= 4 is 37.8 Å². The fourth-order valence-corrected chi connectivity index (χ4v) is 5.97. The molecule has 0 amide bonds. The molecule has 2 aliphatic heterocycles. The van der Waals surface area contributed by atoms with Crippen LogP contribution in [0.15, 0.2) is 63.0 Å². The maximum atomic E-state index is 12.1. The fraction of sp³-hybridized carbons (Fsp3) is 0.333. The monoisotopic (exact) mass is 488 g/mol. The zero-order chi connectivity index (χ0) is 21.1. The molecule has 9 heteroatoms. The molecular formula is C21H21BrN4O3S. The summed E-state index contributed by atoms with van der Waals surface area (Å²) in [5.41, 5.74) is 7.59. The predicted molar refractivity (Wildman–Crippen MR) is 119 cm³/mol. The second-order valence-corrected chi connectivity index (χ2v) is 10.6. The van der Waals surface area contributed by atoms with E-state index in [0.29, 0.717) is 30.9 Å². The molecule has 7 nitrogen and oxygen atoms in total. The van der Waals surface area contributed by atoms with Crippen LogP contribution in [0.5, 0.6) is 0 Å². The van der Waals surface area contributed by atoms with E-state index in [-0.39, 0.29) is 0 Å². The summed E-state index contributed by atoms with van der Waals surface area (Å²) in [6.07, 6.45) is 1.69. The molecule has 156 valence electrons. The lowest BCUT2D eigenvalue weighted by Crippen LogP contribution is -2.46. The highest BCUT2D eigenvalue weighted by atomic mass is 79.9. The molecule has 0 aromatic heterocycles. The molecule has 2 aromatic rings. The minimum absolute atomic E-state index is 0.398. The van der Waals surface area contributed by atoms with Gasteiger partial charge in [-0.15, -0.1) is 0 Å². The van der Waals surface area contributed by atoms with Crippen molar-refractivity contribution in [1.82, 2.24) is 4.90 Å². The molecule has 2 heterocycles. The minimum atomic E-state index is -4.22. The van der Waals surface area contributed by atoms with Crippen molar-refractivity contribution in [3.8, 4) is 0 Å². The first-order valence-electron chi connectivity index (χ1n) is 9.80. The van der Waals surface area contributed by atoms with Crippen molar-refractivity contribution < 1.29 is 13.0 Å². The van der Waals surface area contributed by atoms with E-state index in [1.807, 2.05) is 47.4 Å². The molecular weight excluding hydrogens is 468 g/mol. The van der Waals surface area contributed by atoms with Crippen LogP contribution in [-0.4, -0.2) is 42.8 Å². The van der Waals surface area contributed by atoms with Crippen LogP contribution < -0.4 is 5.73 Å². The van der Waals surface area contributed by atoms with Crippen molar-refractivity contribution in [1.29, 1.82) is 0 Å². The number of aliphatic imine (C=N–C) groups is 2. The lowest BCUT2D eigenvalue weighted by Gasteiger charge is -2.33. The molecule has 0 spiro atoms. The zero-order valence-electron chi connectivity index (χ0n) is 16.1. The van der Waals surface area contributed by atoms with Gasteiger partial charge in [0.05, 0.1) is 0 Å². The van der Waals surface area contributed by atoms with E-state index >= 15 is 0 Å². The summed E-state index contributed by atoms with van der Waals surface area (Å²) < 4.78 is 33.7. The average molecular weight is 489 g/mol. The van der Waals surface area contributed by atoms with Gasteiger partial charge >= 0.3 is 0 Å². The van der Waals surface area contributed by atoms with E-state index in [0.717, 1.165) is 34.4 Å². The van der Waals surface area contributed by atoms with Gasteiger partial charge in [-0.3, -0.25) is 14.4 Å². The maximum absolute atomic E-state index is 12.1. The van der Waals surface area contributed by atoms with E-state index in [2.05, 4.69) is 15.9 Å². The van der Waals surface area contributed by atoms with Gasteiger partial charge in [0.2, 0.25) is 0 Å². The Morgan fingerprint density at radius 3 is 2.40 bits per heavy atom. The molecule has 30 heavy (non-hydrogen) atoms. The summed E-state index contributed by atoms with van der Waals surface area (Å²) in [5.74, 6) is 1.15. The molecule has 1 atom stereocenters. The first-order chi connectivity index (χ1) is 14.3. The van der Waals surface area contributed by atoms with Crippen molar-refractivity contribution in [2.24, 2.45) is 15.7 Å². The van der Waals surface area contributed by atoms with Crippen molar-refractivity contribution in [3.05, 3.63) is 69.7 Å². The summed E-state index contributed by atoms with van der Waals surface area (Å²) in [6, 6.07) is 15.1. The van der Waals surface area contributed by atoms with Gasteiger partial charge in [-0.05, 0) is 48.1 Å². The van der Waals surface area contributed by atoms with Crippen molar-refractivity contribution in [3.63, 3.8) is 0 Å². The van der Waals surface area contributed by atoms with Crippen LogP contribution in [0.1, 0.15) is 36.0 Å². The Labute approximate surface area is 183 Å². The standard InChI is InChI=1S/C21H21BrN4O3S/c22-17-7-2-6-16(13-17)21(18-24-10-3-11-26(18)19(23)25-21)15-5-1-4-14(12-15)20(8-9-20)30(27,28)29/h1-2,4-7,12-13H,3,8-11H2,(H2,23,25)(H,27,28,29). The van der Waals surface area contributed by atoms with Gasteiger partial charge in [0.1, 0.15) is 10.6 Å². The predicted octanol–water partition coefficient (Wildman–Crippen LogP) is 3.00. The van der Waals surface area contributed by atoms with Crippen LogP contribution in [0, 0.1) is 0 Å². The highest BCUT2D eigenvalue weighted by molar-refractivity contribution is 9.10. The van der Waals surface area contributed by atoms with E-state index in [4.69, 9.17) is 15.7 Å². The van der Waals surface area contributed by atoms with Gasteiger partial charge in [-0.1, -0.05) is 52.3 Å². The Kier molecular flexibility index (Phi) is 4.36. The topological polar surface area (TPSA) is 108 Å². The molecule has 1 saturated carbocycles. The Morgan fingerprint density at radius 2 is 1.73 bits per heavy atom. The number of guanidine groups is 1. The SMILES string of the molecule is NC1=NC(c2cccc(Br)c2)(c2cccc(C3(S(=O)(=O)O)CC3)c2)C2=NCCCN12. The van der Waals surface area contributed by atoms with Crippen LogP contribution in [0.2, 0.25) is 0 Å². The highest BCUT2D eigenvalue weighted by Gasteiger charge is 2.56. The highest BCUT2D eigenvalue weighted by Crippen LogP contribution is 2.53. The van der Waals surface area contributed by atoms with Crippen LogP contribution in [-0.2, 0) is 20.4 Å². The molecule has 1 unspecified atom stereocenters. The summed E-state index contributed by atoms with van der Waals surface area (Å²) in [4.78, 5) is 11.6. The quantitative estimate of drug-likeness (QED) is 0.642. The number of nitrogens with zero attached hydrogens (tertiary/aromatic N) is 3. The third kappa shape index (κ3) is 2.75. The first-order valence-corrected chi connectivity index (χ1v) is 12.0. The third-order valence-corrected chi connectivity index (χ3v) is 8.31. The van der Waals surface area contributed by atoms with Crippen LogP contribution in [0.4, 0.5) is 0 Å². The lowest BCUT2D eigenvalue weighted by atomic mass is 9.81. The number of amidine groups is 1. The largest absolute Gasteiger partial charge is 0.369 e. The first kappa shape index (κ1) is 19.7. The molecule has 3 N–H and O–H groups in total. The summed E-state index contributed by atoms with van der Waals surface area (Å²) in [5, 5.41) is 0. The number of nitrogens with two attached hydrogens (primary N) is 1. The van der Waals surface area contributed by atoms with E-state index in [9.17, 15) is 13.0 Å². The zero-order valence-corrected chi connectivity index (χ0v) is 18.5. The molecule has 1 aliphatic carbocycles. The van der Waals surface area contributed by atoms with Crippen molar-refractivity contribution in [2.45, 2.75) is 29.5 Å². The third-order valence-electron chi connectivity index (χ3n) is 6.19. The minimum Gasteiger partial charge on any atom is -0.369 e. The number of halogens is 1. The molecule has 0 saturated heterocycles. The molecule has 5 rings (SSSR count). The van der Waals surface area contributed by atoms with Gasteiger partial charge in [-0.2, -0.15) is 8.42 Å². The number of hydrogen-bond donors (Lipinski definition) is 2. The van der Waals surface area contributed by atoms with Gasteiger partial charge in [-0.25, -0.2) is 4.99 Å². The van der Waals surface area contributed by atoms with Crippen LogP contribution >= 0.6 is 15.9 Å². The van der Waals surface area contributed by atoms with Gasteiger partial charge in [0.15, 0.2) is 11.5 Å². The molecule has 1 fully saturated rings.